The highest BCUT2D eigenvalue weighted by atomic mass is 32.1. The second kappa shape index (κ2) is 33.4. The summed E-state index contributed by atoms with van der Waals surface area (Å²) in [5.74, 6) is -2.59. The fourth-order valence-electron chi connectivity index (χ4n) is 6.86. The van der Waals surface area contributed by atoms with Gasteiger partial charge in [-0.05, 0) is 76.6 Å². The molecule has 0 radical (unpaired) electrons. The first-order valence-electron chi connectivity index (χ1n) is 21.7. The van der Waals surface area contributed by atoms with Crippen molar-refractivity contribution in [3.8, 4) is 0 Å². The molecular weight excluding hydrogens is 835 g/mol. The van der Waals surface area contributed by atoms with Crippen molar-refractivity contribution >= 4 is 60.0 Å². The average Bonchev–Trinajstić information content (AvgIpc) is 3.76. The van der Waals surface area contributed by atoms with Crippen LogP contribution in [0.4, 0.5) is 0 Å². The number of thiol groups is 1. The quantitative estimate of drug-likeness (QED) is 0.0136. The maximum atomic E-state index is 14.3. The van der Waals surface area contributed by atoms with Gasteiger partial charge in [-0.2, -0.15) is 12.6 Å². The molecule has 1 aromatic rings. The first-order chi connectivity index (χ1) is 30.2. The fourth-order valence-corrected chi connectivity index (χ4v) is 7.05. The summed E-state index contributed by atoms with van der Waals surface area (Å²) in [7, 11) is 0. The number of rotatable bonds is 36. The smallest absolute Gasteiger partial charge is 0.243 e. The van der Waals surface area contributed by atoms with Crippen LogP contribution in [-0.2, 0) is 35.2 Å². The molecule has 0 saturated heterocycles. The molecule has 19 N–H and O–H groups in total. The van der Waals surface area contributed by atoms with Crippen molar-refractivity contribution in [3.05, 3.63) is 18.2 Å². The summed E-state index contributed by atoms with van der Waals surface area (Å²) in [4.78, 5) is 101. The molecule has 1 aromatic heterocycles. The molecule has 6 amide bonds. The Kier molecular flexibility index (Phi) is 29.6. The van der Waals surface area contributed by atoms with Gasteiger partial charge in [-0.3, -0.25) is 38.8 Å². The van der Waals surface area contributed by atoms with Gasteiger partial charge in [-0.25, -0.2) is 4.98 Å². The van der Waals surface area contributed by atoms with Crippen LogP contribution in [0.5, 0.6) is 0 Å². The number of nitrogens with one attached hydrogen (secondary N) is 3. The Bertz CT molecular complexity index is 1560. The largest absolute Gasteiger partial charge is 0.370 e. The van der Waals surface area contributed by atoms with Crippen LogP contribution in [0.15, 0.2) is 22.5 Å². The average molecular weight is 910 g/mol. The lowest BCUT2D eigenvalue weighted by Crippen LogP contribution is -2.56. The maximum absolute atomic E-state index is 14.3. The minimum atomic E-state index is -1.10. The number of imidazole rings is 1. The van der Waals surface area contributed by atoms with Crippen LogP contribution in [0.3, 0.4) is 0 Å². The molecule has 3 unspecified atom stereocenters. The van der Waals surface area contributed by atoms with Crippen LogP contribution in [0.2, 0.25) is 0 Å². The number of primary amides is 1. The molecule has 0 saturated carbocycles. The number of nitrogens with zero attached hydrogens (tertiary/aromatic N) is 6. The summed E-state index contributed by atoms with van der Waals surface area (Å²) in [6.07, 6.45) is 8.21. The van der Waals surface area contributed by atoms with Crippen molar-refractivity contribution in [3.63, 3.8) is 0 Å². The fraction of sp³-hybridized carbons (Fsp3) is 0.718. The number of H-pyrrole nitrogens is 1. The van der Waals surface area contributed by atoms with Crippen molar-refractivity contribution in [2.75, 3.05) is 71.2 Å². The zero-order valence-corrected chi connectivity index (χ0v) is 37.7. The SMILES string of the molecule is NCCCCCC(=O)N(CCNC(=O)C(CCCN=C(N)N)N(CCN)C(=O)CCS)C(Cc1cnc[nH]1)C(=O)NCCN(C(=O)CCCCN=C(N)N)C(CCCCN)C(N)=O. The summed E-state index contributed by atoms with van der Waals surface area (Å²) < 4.78 is 0. The molecule has 358 valence electrons. The number of aromatic amines is 1. The predicted octanol–water partition coefficient (Wildman–Crippen LogP) is -3.31. The molecule has 1 rings (SSSR count). The minimum Gasteiger partial charge on any atom is -0.370 e. The van der Waals surface area contributed by atoms with Crippen molar-refractivity contribution in [2.45, 2.75) is 108 Å². The second-order valence-corrected chi connectivity index (χ2v) is 15.4. The third-order valence-corrected chi connectivity index (χ3v) is 10.3. The van der Waals surface area contributed by atoms with Crippen LogP contribution in [0, 0.1) is 0 Å². The number of carbonyl (C=O) groups is 6. The van der Waals surface area contributed by atoms with E-state index in [1.54, 1.807) is 6.20 Å². The number of hydrogen-bond donors (Lipinski definition) is 12. The molecule has 63 heavy (non-hydrogen) atoms. The Morgan fingerprint density at radius 3 is 1.65 bits per heavy atom. The minimum absolute atomic E-state index is 0.0334. The Morgan fingerprint density at radius 2 is 1.13 bits per heavy atom. The highest BCUT2D eigenvalue weighted by Gasteiger charge is 2.33. The van der Waals surface area contributed by atoms with E-state index in [4.69, 9.17) is 45.9 Å². The predicted molar refractivity (Wildman–Crippen MR) is 246 cm³/mol. The molecule has 0 aliphatic rings. The summed E-state index contributed by atoms with van der Waals surface area (Å²) in [6, 6.07) is -2.97. The number of carbonyl (C=O) groups excluding carboxylic acids is 6. The number of aliphatic imine (C=N–C) groups is 2. The Morgan fingerprint density at radius 1 is 0.619 bits per heavy atom. The topological polar surface area (TPSA) is 398 Å². The summed E-state index contributed by atoms with van der Waals surface area (Å²) in [6.45, 7) is 1.35. The van der Waals surface area contributed by atoms with Crippen molar-refractivity contribution in [1.29, 1.82) is 0 Å². The Labute approximate surface area is 376 Å². The maximum Gasteiger partial charge on any atom is 0.243 e. The van der Waals surface area contributed by atoms with Crippen LogP contribution >= 0.6 is 12.6 Å². The zero-order valence-electron chi connectivity index (χ0n) is 36.8. The van der Waals surface area contributed by atoms with Gasteiger partial charge in [0, 0.05) is 89.9 Å². The first kappa shape index (κ1) is 55.8. The number of hydrogen-bond acceptors (Lipinski definition) is 13. The second-order valence-electron chi connectivity index (χ2n) is 14.9. The van der Waals surface area contributed by atoms with E-state index in [-0.39, 0.29) is 120 Å². The number of guanidine groups is 2. The summed E-state index contributed by atoms with van der Waals surface area (Å²) >= 11 is 4.19. The molecule has 0 bridgehead atoms. The molecule has 1 heterocycles. The van der Waals surface area contributed by atoms with Gasteiger partial charge >= 0.3 is 0 Å². The summed E-state index contributed by atoms with van der Waals surface area (Å²) in [5, 5.41) is 5.75. The van der Waals surface area contributed by atoms with Crippen molar-refractivity contribution < 1.29 is 28.8 Å². The van der Waals surface area contributed by atoms with Gasteiger partial charge in [0.1, 0.15) is 18.1 Å². The summed E-state index contributed by atoms with van der Waals surface area (Å²) in [5.41, 5.74) is 45.4. The standard InChI is InChI=1S/C39H75N17O6S/c40-14-5-1-2-11-33(58)56(23-20-49-36(61)30(10-8-18-52-39(46)47)54(21-16-42)34(59)13-24-63)31(25-28-26-48-27-53-28)37(62)50-19-22-55(29(35(43)60)9-3-6-15-41)32(57)12-4-7-17-51-38(44)45/h26-27,29-31,63H,1-25,40-42H2,(H2,43,60)(H,48,53)(H,49,61)(H,50,62)(H4,44,45,51)(H4,46,47,52). The van der Waals surface area contributed by atoms with Gasteiger partial charge in [0.15, 0.2) is 11.9 Å². The van der Waals surface area contributed by atoms with Gasteiger partial charge in [0.2, 0.25) is 35.4 Å². The molecule has 23 nitrogen and oxygen atoms in total. The van der Waals surface area contributed by atoms with E-state index >= 15 is 0 Å². The van der Waals surface area contributed by atoms with E-state index in [1.165, 1.54) is 21.0 Å². The van der Waals surface area contributed by atoms with Gasteiger partial charge < -0.3 is 76.2 Å². The van der Waals surface area contributed by atoms with Gasteiger partial charge in [-0.15, -0.1) is 0 Å². The van der Waals surface area contributed by atoms with Gasteiger partial charge in [0.25, 0.3) is 0 Å². The van der Waals surface area contributed by atoms with E-state index in [9.17, 15) is 28.8 Å². The van der Waals surface area contributed by atoms with E-state index in [1.807, 2.05) is 0 Å². The highest BCUT2D eigenvalue weighted by molar-refractivity contribution is 7.80. The number of amides is 6. The lowest BCUT2D eigenvalue weighted by atomic mass is 10.1. The van der Waals surface area contributed by atoms with Crippen molar-refractivity contribution in [1.82, 2.24) is 35.3 Å². The van der Waals surface area contributed by atoms with Crippen LogP contribution < -0.4 is 56.5 Å². The molecule has 0 aliphatic heterocycles. The van der Waals surface area contributed by atoms with Crippen LogP contribution in [0.25, 0.3) is 0 Å². The van der Waals surface area contributed by atoms with E-state index in [0.29, 0.717) is 76.7 Å². The zero-order chi connectivity index (χ0) is 47.0. The lowest BCUT2D eigenvalue weighted by Gasteiger charge is -2.33. The third-order valence-electron chi connectivity index (χ3n) is 10.0. The van der Waals surface area contributed by atoms with E-state index in [2.05, 4.69) is 43.2 Å². The third kappa shape index (κ3) is 23.2. The van der Waals surface area contributed by atoms with Crippen molar-refractivity contribution in [2.24, 2.45) is 55.9 Å². The van der Waals surface area contributed by atoms with Gasteiger partial charge in [-0.1, -0.05) is 6.42 Å². The number of aromatic nitrogens is 2. The molecular formula is C39H75N17O6S. The Hall–Kier alpha value is -5.20. The molecule has 3 atom stereocenters. The van der Waals surface area contributed by atoms with Crippen LogP contribution in [0.1, 0.15) is 89.2 Å². The normalized spacial score (nSPS) is 12.3. The molecule has 24 heteroatoms. The number of unbranched alkanes of at least 4 members (excludes halogenated alkanes) is 4. The highest BCUT2D eigenvalue weighted by Crippen LogP contribution is 2.15. The van der Waals surface area contributed by atoms with E-state index < -0.39 is 35.8 Å². The van der Waals surface area contributed by atoms with E-state index in [0.717, 1.165) is 0 Å². The monoisotopic (exact) mass is 910 g/mol. The number of nitrogens with two attached hydrogens (primary N) is 8. The molecule has 0 aromatic carbocycles. The molecule has 0 aliphatic carbocycles. The lowest BCUT2D eigenvalue weighted by molar-refractivity contribution is -0.142. The Balaban J connectivity index is 3.44. The van der Waals surface area contributed by atoms with Crippen LogP contribution in [-0.4, -0.2) is 161 Å². The molecule has 0 spiro atoms. The van der Waals surface area contributed by atoms with Gasteiger partial charge in [0.05, 0.1) is 6.33 Å². The first-order valence-corrected chi connectivity index (χ1v) is 22.4. The molecule has 0 fully saturated rings.